The minimum atomic E-state index is -0.383. The molecule has 1 amide bonds. The summed E-state index contributed by atoms with van der Waals surface area (Å²) in [6, 6.07) is 13.9. The van der Waals surface area contributed by atoms with E-state index in [2.05, 4.69) is 20.7 Å². The Morgan fingerprint density at radius 1 is 1.12 bits per heavy atom. The fourth-order valence-corrected chi connectivity index (χ4v) is 2.43. The summed E-state index contributed by atoms with van der Waals surface area (Å²) in [6.45, 7) is 6.85. The first-order valence-electron chi connectivity index (χ1n) is 8.37. The predicted octanol–water partition coefficient (Wildman–Crippen LogP) is 2.97. The van der Waals surface area contributed by atoms with Crippen LogP contribution in [0.25, 0.3) is 16.9 Å². The molecule has 3 aromatic rings. The zero-order chi connectivity index (χ0) is 17.9. The number of nitrogens with zero attached hydrogens (tertiary/aromatic N) is 3. The number of carbonyl (C=O) groups excluding carboxylic acids is 1. The predicted molar refractivity (Wildman–Crippen MR) is 99.4 cm³/mol. The lowest BCUT2D eigenvalue weighted by Crippen LogP contribution is -2.37. The van der Waals surface area contributed by atoms with E-state index in [1.807, 2.05) is 63.2 Å². The van der Waals surface area contributed by atoms with Gasteiger partial charge in [0.1, 0.15) is 5.82 Å². The molecule has 25 heavy (non-hydrogen) atoms. The van der Waals surface area contributed by atoms with Crippen molar-refractivity contribution in [2.75, 3.05) is 18.4 Å². The summed E-state index contributed by atoms with van der Waals surface area (Å²) in [6.07, 6.45) is 1.73. The van der Waals surface area contributed by atoms with Crippen LogP contribution in [0.4, 0.5) is 5.82 Å². The Hall–Kier alpha value is -2.89. The fraction of sp³-hybridized carbons (Fsp3) is 0.316. The highest BCUT2D eigenvalue weighted by Gasteiger charge is 2.20. The number of nitrogens with one attached hydrogen (secondary N) is 2. The molecule has 0 saturated heterocycles. The first-order chi connectivity index (χ1) is 11.9. The van der Waals surface area contributed by atoms with E-state index in [0.717, 1.165) is 22.7 Å². The van der Waals surface area contributed by atoms with E-state index in [1.165, 1.54) is 0 Å². The van der Waals surface area contributed by atoms with Crippen molar-refractivity contribution >= 4 is 17.4 Å². The molecular formula is C19H23N5O. The minimum absolute atomic E-state index is 0.0400. The van der Waals surface area contributed by atoms with E-state index in [9.17, 15) is 4.79 Å². The molecule has 0 aliphatic rings. The molecule has 0 fully saturated rings. The standard InChI is InChI=1S/C19H23N5O/c1-19(2,3)18(25)21-12-11-20-17-13-15(14-7-5-4-6-8-14)23-16-9-10-22-24(16)17/h4-10,13,20H,11-12H2,1-3H3,(H,21,25). The van der Waals surface area contributed by atoms with Gasteiger partial charge in [-0.2, -0.15) is 9.61 Å². The number of fused-ring (bicyclic) bond motifs is 1. The Morgan fingerprint density at radius 2 is 1.88 bits per heavy atom. The topological polar surface area (TPSA) is 71.3 Å². The van der Waals surface area contributed by atoms with Crippen LogP contribution in [0.1, 0.15) is 20.8 Å². The molecule has 3 rings (SSSR count). The van der Waals surface area contributed by atoms with Crippen LogP contribution < -0.4 is 10.6 Å². The summed E-state index contributed by atoms with van der Waals surface area (Å²) in [5, 5.41) is 10.6. The van der Waals surface area contributed by atoms with Gasteiger partial charge >= 0.3 is 0 Å². The van der Waals surface area contributed by atoms with E-state index in [4.69, 9.17) is 0 Å². The van der Waals surface area contributed by atoms with Crippen molar-refractivity contribution < 1.29 is 4.79 Å². The SMILES string of the molecule is CC(C)(C)C(=O)NCCNc1cc(-c2ccccc2)nc2ccnn12. The maximum absolute atomic E-state index is 11.9. The van der Waals surface area contributed by atoms with Crippen LogP contribution in [0.15, 0.2) is 48.7 Å². The molecule has 0 bridgehead atoms. The highest BCUT2D eigenvalue weighted by molar-refractivity contribution is 5.81. The van der Waals surface area contributed by atoms with Gasteiger partial charge < -0.3 is 10.6 Å². The normalized spacial score (nSPS) is 11.5. The molecule has 0 radical (unpaired) electrons. The van der Waals surface area contributed by atoms with Gasteiger partial charge in [0, 0.05) is 36.2 Å². The van der Waals surface area contributed by atoms with E-state index in [-0.39, 0.29) is 11.3 Å². The summed E-state index contributed by atoms with van der Waals surface area (Å²) in [5.41, 5.74) is 2.33. The first kappa shape index (κ1) is 17.0. The van der Waals surface area contributed by atoms with Crippen molar-refractivity contribution in [2.24, 2.45) is 5.41 Å². The molecule has 2 aromatic heterocycles. The van der Waals surface area contributed by atoms with E-state index in [0.29, 0.717) is 13.1 Å². The van der Waals surface area contributed by atoms with Gasteiger partial charge in [-0.15, -0.1) is 0 Å². The third-order valence-electron chi connectivity index (χ3n) is 3.83. The molecule has 0 saturated carbocycles. The molecule has 2 heterocycles. The number of amides is 1. The van der Waals surface area contributed by atoms with E-state index >= 15 is 0 Å². The maximum atomic E-state index is 11.9. The van der Waals surface area contributed by atoms with Crippen molar-refractivity contribution in [3.05, 3.63) is 48.7 Å². The van der Waals surface area contributed by atoms with Gasteiger partial charge in [0.15, 0.2) is 5.65 Å². The fourth-order valence-electron chi connectivity index (χ4n) is 2.43. The monoisotopic (exact) mass is 337 g/mol. The first-order valence-corrected chi connectivity index (χ1v) is 8.37. The number of anilines is 1. The average Bonchev–Trinajstić information content (AvgIpc) is 3.07. The van der Waals surface area contributed by atoms with Crippen molar-refractivity contribution in [2.45, 2.75) is 20.8 Å². The van der Waals surface area contributed by atoms with Crippen molar-refractivity contribution in [1.29, 1.82) is 0 Å². The number of rotatable bonds is 5. The lowest BCUT2D eigenvalue weighted by molar-refractivity contribution is -0.128. The zero-order valence-electron chi connectivity index (χ0n) is 14.8. The van der Waals surface area contributed by atoms with Gasteiger partial charge in [0.2, 0.25) is 5.91 Å². The average molecular weight is 337 g/mol. The minimum Gasteiger partial charge on any atom is -0.368 e. The van der Waals surface area contributed by atoms with Gasteiger partial charge in [0.05, 0.1) is 11.9 Å². The smallest absolute Gasteiger partial charge is 0.225 e. The molecule has 0 aliphatic heterocycles. The van der Waals surface area contributed by atoms with E-state index < -0.39 is 0 Å². The second-order valence-corrected chi connectivity index (χ2v) is 6.93. The van der Waals surface area contributed by atoms with Gasteiger partial charge in [-0.3, -0.25) is 4.79 Å². The Morgan fingerprint density at radius 3 is 2.60 bits per heavy atom. The highest BCUT2D eigenvalue weighted by atomic mass is 16.2. The lowest BCUT2D eigenvalue weighted by Gasteiger charge is -2.18. The molecule has 0 aliphatic carbocycles. The Kier molecular flexibility index (Phi) is 4.70. The number of hydrogen-bond donors (Lipinski definition) is 2. The van der Waals surface area contributed by atoms with Crippen molar-refractivity contribution in [3.63, 3.8) is 0 Å². The van der Waals surface area contributed by atoms with Crippen molar-refractivity contribution in [3.8, 4) is 11.3 Å². The Labute approximate surface area is 147 Å². The number of hydrogen-bond acceptors (Lipinski definition) is 4. The van der Waals surface area contributed by atoms with Crippen LogP contribution in [0, 0.1) is 5.41 Å². The molecule has 0 spiro atoms. The quantitative estimate of drug-likeness (QED) is 0.702. The molecule has 6 nitrogen and oxygen atoms in total. The number of benzene rings is 1. The van der Waals surface area contributed by atoms with Crippen LogP contribution in [0.5, 0.6) is 0 Å². The summed E-state index contributed by atoms with van der Waals surface area (Å²) in [4.78, 5) is 16.6. The molecule has 6 heteroatoms. The highest BCUT2D eigenvalue weighted by Crippen LogP contribution is 2.21. The zero-order valence-corrected chi connectivity index (χ0v) is 14.8. The summed E-state index contributed by atoms with van der Waals surface area (Å²) in [7, 11) is 0. The Balaban J connectivity index is 1.75. The second kappa shape index (κ2) is 6.93. The number of carbonyl (C=O) groups is 1. The maximum Gasteiger partial charge on any atom is 0.225 e. The van der Waals surface area contributed by atoms with E-state index in [1.54, 1.807) is 10.7 Å². The Bertz CT molecular complexity index is 864. The van der Waals surface area contributed by atoms with Crippen LogP contribution in [-0.2, 0) is 4.79 Å². The summed E-state index contributed by atoms with van der Waals surface area (Å²) < 4.78 is 1.76. The third-order valence-corrected chi connectivity index (χ3v) is 3.83. The third kappa shape index (κ3) is 3.96. The second-order valence-electron chi connectivity index (χ2n) is 6.93. The van der Waals surface area contributed by atoms with Crippen molar-refractivity contribution in [1.82, 2.24) is 19.9 Å². The molecule has 130 valence electrons. The largest absolute Gasteiger partial charge is 0.368 e. The van der Waals surface area contributed by atoms with Crippen LogP contribution >= 0.6 is 0 Å². The van der Waals surface area contributed by atoms with Gasteiger partial charge in [-0.1, -0.05) is 51.1 Å². The molecule has 0 atom stereocenters. The van der Waals surface area contributed by atoms with Gasteiger partial charge in [0.25, 0.3) is 0 Å². The molecule has 1 aromatic carbocycles. The molecule has 0 unspecified atom stereocenters. The van der Waals surface area contributed by atoms with Crippen LogP contribution in [0.2, 0.25) is 0 Å². The summed E-state index contributed by atoms with van der Waals surface area (Å²) in [5.74, 6) is 0.886. The van der Waals surface area contributed by atoms with Crippen LogP contribution in [-0.4, -0.2) is 33.6 Å². The summed E-state index contributed by atoms with van der Waals surface area (Å²) >= 11 is 0. The number of aromatic nitrogens is 3. The van der Waals surface area contributed by atoms with Gasteiger partial charge in [-0.25, -0.2) is 4.98 Å². The molecular weight excluding hydrogens is 314 g/mol. The van der Waals surface area contributed by atoms with Crippen LogP contribution in [0.3, 0.4) is 0 Å². The lowest BCUT2D eigenvalue weighted by atomic mass is 9.96. The van der Waals surface area contributed by atoms with Gasteiger partial charge in [-0.05, 0) is 0 Å². The molecule has 2 N–H and O–H groups in total.